The molecule has 1 heterocycles. The van der Waals surface area contributed by atoms with E-state index in [2.05, 4.69) is 10.4 Å². The summed E-state index contributed by atoms with van der Waals surface area (Å²) in [5.74, 6) is 5.28. The number of fused-ring (bicyclic) bond motifs is 1. The molecule has 0 amide bonds. The van der Waals surface area contributed by atoms with E-state index >= 15 is 0 Å². The van der Waals surface area contributed by atoms with Gasteiger partial charge in [0.25, 0.3) is 0 Å². The molecule has 0 radical (unpaired) electrons. The quantitative estimate of drug-likeness (QED) is 0.483. The Bertz CT molecular complexity index is 404. The highest BCUT2D eigenvalue weighted by atomic mass is 15.2. The van der Waals surface area contributed by atoms with Crippen LogP contribution in [0.3, 0.4) is 0 Å². The van der Waals surface area contributed by atoms with Gasteiger partial charge in [0.15, 0.2) is 0 Å². The van der Waals surface area contributed by atoms with Crippen molar-refractivity contribution in [1.29, 1.82) is 0 Å². The van der Waals surface area contributed by atoms with E-state index in [1.165, 1.54) is 0 Å². The number of aryl methyl sites for hydroxylation is 1. The molecule has 0 atom stereocenters. The summed E-state index contributed by atoms with van der Waals surface area (Å²) in [6.07, 6.45) is 1.78. The highest BCUT2D eigenvalue weighted by Crippen LogP contribution is 2.16. The van der Waals surface area contributed by atoms with E-state index < -0.39 is 0 Å². The van der Waals surface area contributed by atoms with Gasteiger partial charge >= 0.3 is 0 Å². The minimum Gasteiger partial charge on any atom is -0.334 e. The standard InChI is InChI=1S/C8H10N4/c1-12-5-10-7-3-2-6(11-9)4-8(7)12/h2-5,11H,9H2,1H3. The summed E-state index contributed by atoms with van der Waals surface area (Å²) in [6, 6.07) is 5.79. The maximum atomic E-state index is 5.28. The summed E-state index contributed by atoms with van der Waals surface area (Å²) in [5, 5.41) is 0. The first-order chi connectivity index (χ1) is 5.81. The van der Waals surface area contributed by atoms with Gasteiger partial charge in [0.2, 0.25) is 0 Å². The average molecular weight is 162 g/mol. The van der Waals surface area contributed by atoms with Crippen LogP contribution < -0.4 is 11.3 Å². The number of nitrogens with one attached hydrogen (secondary N) is 1. The maximum absolute atomic E-state index is 5.28. The van der Waals surface area contributed by atoms with E-state index in [9.17, 15) is 0 Å². The molecule has 1 aromatic heterocycles. The Morgan fingerprint density at radius 3 is 3.08 bits per heavy atom. The zero-order valence-electron chi connectivity index (χ0n) is 6.78. The molecule has 12 heavy (non-hydrogen) atoms. The number of rotatable bonds is 1. The third kappa shape index (κ3) is 0.931. The average Bonchev–Trinajstić information content (AvgIpc) is 2.47. The Morgan fingerprint density at radius 1 is 1.50 bits per heavy atom. The largest absolute Gasteiger partial charge is 0.334 e. The van der Waals surface area contributed by atoms with Gasteiger partial charge in [0.05, 0.1) is 23.0 Å². The molecule has 4 nitrogen and oxygen atoms in total. The second kappa shape index (κ2) is 2.49. The first kappa shape index (κ1) is 7.12. The van der Waals surface area contributed by atoms with Crippen LogP contribution in [0.5, 0.6) is 0 Å². The fraction of sp³-hybridized carbons (Fsp3) is 0.125. The van der Waals surface area contributed by atoms with Crippen molar-refractivity contribution < 1.29 is 0 Å². The first-order valence-corrected chi connectivity index (χ1v) is 3.69. The lowest BCUT2D eigenvalue weighted by molar-refractivity contribution is 0.947. The fourth-order valence-corrected chi connectivity index (χ4v) is 1.22. The molecule has 0 aliphatic carbocycles. The number of nitrogen functional groups attached to an aromatic ring is 1. The van der Waals surface area contributed by atoms with E-state index in [1.807, 2.05) is 29.8 Å². The fourth-order valence-electron chi connectivity index (χ4n) is 1.22. The summed E-state index contributed by atoms with van der Waals surface area (Å²) in [6.45, 7) is 0. The molecule has 0 bridgehead atoms. The van der Waals surface area contributed by atoms with Gasteiger partial charge < -0.3 is 9.99 Å². The Morgan fingerprint density at radius 2 is 2.33 bits per heavy atom. The van der Waals surface area contributed by atoms with Crippen LogP contribution >= 0.6 is 0 Å². The Hall–Kier alpha value is -1.55. The van der Waals surface area contributed by atoms with Crippen LogP contribution in [0.4, 0.5) is 5.69 Å². The van der Waals surface area contributed by atoms with Crippen molar-refractivity contribution in [2.45, 2.75) is 0 Å². The summed E-state index contributed by atoms with van der Waals surface area (Å²) >= 11 is 0. The number of nitrogens with zero attached hydrogens (tertiary/aromatic N) is 2. The Labute approximate surface area is 70.0 Å². The minimum atomic E-state index is 0.895. The SMILES string of the molecule is Cn1cnc2ccc(NN)cc21. The van der Waals surface area contributed by atoms with Crippen molar-refractivity contribution in [2.24, 2.45) is 12.9 Å². The summed E-state index contributed by atoms with van der Waals surface area (Å²) in [7, 11) is 1.95. The molecule has 2 rings (SSSR count). The molecule has 62 valence electrons. The van der Waals surface area contributed by atoms with Gasteiger partial charge in [-0.15, -0.1) is 0 Å². The molecule has 0 spiro atoms. The van der Waals surface area contributed by atoms with Gasteiger partial charge in [0.1, 0.15) is 0 Å². The summed E-state index contributed by atoms with van der Waals surface area (Å²) in [4.78, 5) is 4.19. The minimum absolute atomic E-state index is 0.895. The third-order valence-corrected chi connectivity index (χ3v) is 1.89. The van der Waals surface area contributed by atoms with Crippen LogP contribution in [0.15, 0.2) is 24.5 Å². The smallest absolute Gasteiger partial charge is 0.0955 e. The lowest BCUT2D eigenvalue weighted by Crippen LogP contribution is -2.06. The number of nitrogens with two attached hydrogens (primary N) is 1. The molecule has 0 aliphatic heterocycles. The number of hydrazine groups is 1. The number of aromatic nitrogens is 2. The van der Waals surface area contributed by atoms with Gasteiger partial charge in [-0.1, -0.05) is 0 Å². The second-order valence-corrected chi connectivity index (χ2v) is 2.70. The molecule has 3 N–H and O–H groups in total. The van der Waals surface area contributed by atoms with Gasteiger partial charge in [-0.05, 0) is 18.2 Å². The molecular weight excluding hydrogens is 152 g/mol. The predicted octanol–water partition coefficient (Wildman–Crippen LogP) is 0.859. The van der Waals surface area contributed by atoms with Crippen molar-refractivity contribution in [2.75, 3.05) is 5.43 Å². The predicted molar refractivity (Wildman–Crippen MR) is 48.5 cm³/mol. The van der Waals surface area contributed by atoms with E-state index in [-0.39, 0.29) is 0 Å². The monoisotopic (exact) mass is 162 g/mol. The van der Waals surface area contributed by atoms with E-state index in [0.29, 0.717) is 0 Å². The van der Waals surface area contributed by atoms with E-state index in [0.717, 1.165) is 16.7 Å². The molecule has 0 saturated carbocycles. The lowest BCUT2D eigenvalue weighted by atomic mass is 10.3. The van der Waals surface area contributed by atoms with E-state index in [4.69, 9.17) is 5.84 Å². The molecule has 0 aliphatic rings. The first-order valence-electron chi connectivity index (χ1n) is 3.69. The number of imidazole rings is 1. The normalized spacial score (nSPS) is 10.5. The topological polar surface area (TPSA) is 55.9 Å². The van der Waals surface area contributed by atoms with Crippen molar-refractivity contribution in [3.05, 3.63) is 24.5 Å². The van der Waals surface area contributed by atoms with Gasteiger partial charge in [0, 0.05) is 7.05 Å². The van der Waals surface area contributed by atoms with E-state index in [1.54, 1.807) is 6.33 Å². The Kier molecular flexibility index (Phi) is 1.48. The van der Waals surface area contributed by atoms with Crippen LogP contribution in [-0.2, 0) is 7.05 Å². The maximum Gasteiger partial charge on any atom is 0.0955 e. The van der Waals surface area contributed by atoms with Crippen LogP contribution in [0.2, 0.25) is 0 Å². The van der Waals surface area contributed by atoms with Gasteiger partial charge in [-0.3, -0.25) is 5.84 Å². The number of anilines is 1. The van der Waals surface area contributed by atoms with Crippen LogP contribution in [0.1, 0.15) is 0 Å². The number of hydrogen-bond donors (Lipinski definition) is 2. The highest BCUT2D eigenvalue weighted by molar-refractivity contribution is 5.79. The van der Waals surface area contributed by atoms with Crippen molar-refractivity contribution >= 4 is 16.7 Å². The number of hydrogen-bond acceptors (Lipinski definition) is 3. The number of benzene rings is 1. The molecule has 0 fully saturated rings. The zero-order valence-corrected chi connectivity index (χ0v) is 6.78. The highest BCUT2D eigenvalue weighted by Gasteiger charge is 1.98. The van der Waals surface area contributed by atoms with Gasteiger partial charge in [-0.25, -0.2) is 4.98 Å². The van der Waals surface area contributed by atoms with Crippen molar-refractivity contribution in [3.63, 3.8) is 0 Å². The summed E-state index contributed by atoms with van der Waals surface area (Å²) in [5.41, 5.74) is 5.55. The van der Waals surface area contributed by atoms with Crippen molar-refractivity contribution in [3.8, 4) is 0 Å². The van der Waals surface area contributed by atoms with Crippen LogP contribution in [0.25, 0.3) is 11.0 Å². The van der Waals surface area contributed by atoms with Crippen molar-refractivity contribution in [1.82, 2.24) is 9.55 Å². The molecule has 0 unspecified atom stereocenters. The van der Waals surface area contributed by atoms with Crippen LogP contribution in [0, 0.1) is 0 Å². The second-order valence-electron chi connectivity index (χ2n) is 2.70. The third-order valence-electron chi connectivity index (χ3n) is 1.89. The molecule has 0 saturated heterocycles. The molecule has 2 aromatic rings. The molecule has 1 aromatic carbocycles. The zero-order chi connectivity index (χ0) is 8.55. The molecular formula is C8H10N4. The Balaban J connectivity index is 2.71. The molecule has 4 heteroatoms. The summed E-state index contributed by atoms with van der Waals surface area (Å²) < 4.78 is 1.95. The van der Waals surface area contributed by atoms with Gasteiger partial charge in [-0.2, -0.15) is 0 Å². The van der Waals surface area contributed by atoms with Crippen LogP contribution in [-0.4, -0.2) is 9.55 Å². The lowest BCUT2D eigenvalue weighted by Gasteiger charge is -1.99.